The van der Waals surface area contributed by atoms with E-state index in [2.05, 4.69) is 15.6 Å². The van der Waals surface area contributed by atoms with Gasteiger partial charge in [0.05, 0.1) is 18.3 Å². The first-order valence-electron chi connectivity index (χ1n) is 8.21. The maximum absolute atomic E-state index is 12.3. The Morgan fingerprint density at radius 3 is 2.84 bits per heavy atom. The highest BCUT2D eigenvalue weighted by Gasteiger charge is 2.33. The number of benzene rings is 1. The van der Waals surface area contributed by atoms with Gasteiger partial charge in [0.1, 0.15) is 0 Å². The minimum Gasteiger partial charge on any atom is -0.390 e. The summed E-state index contributed by atoms with van der Waals surface area (Å²) in [5.74, 6) is 0.332. The summed E-state index contributed by atoms with van der Waals surface area (Å²) in [7, 11) is 0. The molecular formula is C18H18N4O3. The number of carbonyl (C=O) groups excluding carboxylic acids is 1. The van der Waals surface area contributed by atoms with Crippen LogP contribution in [-0.4, -0.2) is 32.0 Å². The van der Waals surface area contributed by atoms with Crippen LogP contribution in [0.4, 0.5) is 0 Å². The Bertz CT molecular complexity index is 865. The molecule has 4 rings (SSSR count). The van der Waals surface area contributed by atoms with E-state index in [0.29, 0.717) is 5.76 Å². The number of nitrogens with zero attached hydrogens (tertiary/aromatic N) is 3. The van der Waals surface area contributed by atoms with E-state index in [0.717, 1.165) is 24.1 Å². The molecule has 1 amide bonds. The van der Waals surface area contributed by atoms with Gasteiger partial charge in [0.15, 0.2) is 11.5 Å². The molecule has 25 heavy (non-hydrogen) atoms. The normalized spacial score (nSPS) is 19.4. The number of nitrogens with one attached hydrogen (secondary N) is 1. The van der Waals surface area contributed by atoms with Gasteiger partial charge in [-0.05, 0) is 18.9 Å². The van der Waals surface area contributed by atoms with Crippen molar-refractivity contribution in [2.24, 2.45) is 0 Å². The second-order valence-electron chi connectivity index (χ2n) is 6.16. The first kappa shape index (κ1) is 15.6. The summed E-state index contributed by atoms with van der Waals surface area (Å²) in [4.78, 5) is 12.3. The molecule has 7 nitrogen and oxygen atoms in total. The molecule has 1 saturated carbocycles. The molecule has 2 N–H and O–H groups in total. The Balaban J connectivity index is 1.35. The molecule has 1 aliphatic carbocycles. The molecule has 0 radical (unpaired) electrons. The average molecular weight is 338 g/mol. The number of carbonyl (C=O) groups is 1. The standard InChI is InChI=1S/C18H18N4O3/c23-11-14-6-7-19-22(14)15-8-13(9-15)20-18(24)16-10-17(25-21-16)12-4-2-1-3-5-12/h1-7,10,13,15,23H,8-9,11H2,(H,20,24). The number of aliphatic hydroxyl groups is 1. The number of hydrogen-bond donors (Lipinski definition) is 2. The van der Waals surface area contributed by atoms with E-state index in [9.17, 15) is 9.90 Å². The summed E-state index contributed by atoms with van der Waals surface area (Å²) in [5, 5.41) is 20.3. The van der Waals surface area contributed by atoms with E-state index >= 15 is 0 Å². The number of aliphatic hydroxyl groups excluding tert-OH is 1. The fourth-order valence-corrected chi connectivity index (χ4v) is 3.08. The number of amides is 1. The molecule has 0 aliphatic heterocycles. The SMILES string of the molecule is O=C(NC1CC(n2nccc2CO)C1)c1cc(-c2ccccc2)on1. The van der Waals surface area contributed by atoms with Crippen molar-refractivity contribution in [1.82, 2.24) is 20.3 Å². The van der Waals surface area contributed by atoms with Crippen LogP contribution in [0.3, 0.4) is 0 Å². The van der Waals surface area contributed by atoms with E-state index in [1.54, 1.807) is 18.3 Å². The summed E-state index contributed by atoms with van der Waals surface area (Å²) < 4.78 is 7.09. The highest BCUT2D eigenvalue weighted by atomic mass is 16.5. The Kier molecular flexibility index (Phi) is 4.07. The first-order valence-corrected chi connectivity index (χ1v) is 8.21. The van der Waals surface area contributed by atoms with Crippen molar-refractivity contribution in [2.75, 3.05) is 0 Å². The molecule has 0 spiro atoms. The summed E-state index contributed by atoms with van der Waals surface area (Å²) in [6, 6.07) is 13.3. The third-order valence-electron chi connectivity index (χ3n) is 4.51. The maximum atomic E-state index is 12.3. The fourth-order valence-electron chi connectivity index (χ4n) is 3.08. The van der Waals surface area contributed by atoms with E-state index in [1.807, 2.05) is 35.0 Å². The molecule has 128 valence electrons. The zero-order valence-electron chi connectivity index (χ0n) is 13.5. The molecular weight excluding hydrogens is 320 g/mol. The van der Waals surface area contributed by atoms with Crippen LogP contribution >= 0.6 is 0 Å². The van der Waals surface area contributed by atoms with Crippen molar-refractivity contribution in [1.29, 1.82) is 0 Å². The molecule has 7 heteroatoms. The molecule has 2 heterocycles. The van der Waals surface area contributed by atoms with Gasteiger partial charge in [-0.3, -0.25) is 9.48 Å². The molecule has 0 bridgehead atoms. The van der Waals surface area contributed by atoms with Crippen LogP contribution in [0.15, 0.2) is 53.2 Å². The lowest BCUT2D eigenvalue weighted by atomic mass is 9.86. The second kappa shape index (κ2) is 6.52. The van der Waals surface area contributed by atoms with Gasteiger partial charge >= 0.3 is 0 Å². The monoisotopic (exact) mass is 338 g/mol. The lowest BCUT2D eigenvalue weighted by Gasteiger charge is -2.36. The lowest BCUT2D eigenvalue weighted by Crippen LogP contribution is -2.45. The van der Waals surface area contributed by atoms with Gasteiger partial charge in [-0.2, -0.15) is 5.10 Å². The molecule has 1 aromatic carbocycles. The number of aromatic nitrogens is 3. The van der Waals surface area contributed by atoms with Crippen LogP contribution < -0.4 is 5.32 Å². The Morgan fingerprint density at radius 2 is 2.08 bits per heavy atom. The van der Waals surface area contributed by atoms with E-state index in [-0.39, 0.29) is 30.3 Å². The quantitative estimate of drug-likeness (QED) is 0.744. The van der Waals surface area contributed by atoms with Crippen molar-refractivity contribution in [3.05, 3.63) is 60.0 Å². The summed E-state index contributed by atoms with van der Waals surface area (Å²) in [6.07, 6.45) is 3.24. The summed E-state index contributed by atoms with van der Waals surface area (Å²) in [5.41, 5.74) is 1.95. The van der Waals surface area contributed by atoms with Crippen molar-refractivity contribution in [3.63, 3.8) is 0 Å². The zero-order valence-corrected chi connectivity index (χ0v) is 13.5. The molecule has 1 aliphatic rings. The van der Waals surface area contributed by atoms with Crippen LogP contribution in [0.2, 0.25) is 0 Å². The van der Waals surface area contributed by atoms with E-state index in [4.69, 9.17) is 4.52 Å². The third kappa shape index (κ3) is 3.06. The van der Waals surface area contributed by atoms with Gasteiger partial charge in [0.25, 0.3) is 5.91 Å². The van der Waals surface area contributed by atoms with Gasteiger partial charge in [-0.1, -0.05) is 35.5 Å². The summed E-state index contributed by atoms with van der Waals surface area (Å²) in [6.45, 7) is -0.0330. The molecule has 0 saturated heterocycles. The average Bonchev–Trinajstić information content (AvgIpc) is 3.27. The molecule has 3 aromatic rings. The topological polar surface area (TPSA) is 93.2 Å². The largest absolute Gasteiger partial charge is 0.390 e. The van der Waals surface area contributed by atoms with Crippen molar-refractivity contribution >= 4 is 5.91 Å². The van der Waals surface area contributed by atoms with Crippen molar-refractivity contribution < 1.29 is 14.4 Å². The van der Waals surface area contributed by atoms with Crippen LogP contribution in [0.1, 0.15) is 35.1 Å². The molecule has 0 atom stereocenters. The Hall–Kier alpha value is -2.93. The van der Waals surface area contributed by atoms with Crippen LogP contribution in [-0.2, 0) is 6.61 Å². The zero-order chi connectivity index (χ0) is 17.2. The minimum atomic E-state index is -0.239. The predicted octanol–water partition coefficient (Wildman–Crippen LogP) is 2.16. The first-order chi connectivity index (χ1) is 12.2. The fraction of sp³-hybridized carbons (Fsp3) is 0.278. The lowest BCUT2D eigenvalue weighted by molar-refractivity contribution is 0.0875. The number of hydrogen-bond acceptors (Lipinski definition) is 5. The predicted molar refractivity (Wildman–Crippen MR) is 89.6 cm³/mol. The summed E-state index contributed by atoms with van der Waals surface area (Å²) >= 11 is 0. The minimum absolute atomic E-state index is 0.0330. The maximum Gasteiger partial charge on any atom is 0.273 e. The Morgan fingerprint density at radius 1 is 1.28 bits per heavy atom. The highest BCUT2D eigenvalue weighted by Crippen LogP contribution is 2.33. The van der Waals surface area contributed by atoms with Crippen molar-refractivity contribution in [3.8, 4) is 11.3 Å². The van der Waals surface area contributed by atoms with Gasteiger partial charge in [0.2, 0.25) is 0 Å². The Labute approximate surface area is 144 Å². The highest BCUT2D eigenvalue weighted by molar-refractivity contribution is 5.93. The van der Waals surface area contributed by atoms with Gasteiger partial charge < -0.3 is 14.9 Å². The van der Waals surface area contributed by atoms with Gasteiger partial charge in [-0.15, -0.1) is 0 Å². The van der Waals surface area contributed by atoms with Crippen LogP contribution in [0, 0.1) is 0 Å². The van der Waals surface area contributed by atoms with Crippen LogP contribution in [0.5, 0.6) is 0 Å². The van der Waals surface area contributed by atoms with Gasteiger partial charge in [0, 0.05) is 23.9 Å². The smallest absolute Gasteiger partial charge is 0.273 e. The van der Waals surface area contributed by atoms with E-state index in [1.165, 1.54) is 0 Å². The van der Waals surface area contributed by atoms with Gasteiger partial charge in [-0.25, -0.2) is 0 Å². The molecule has 0 unspecified atom stereocenters. The third-order valence-corrected chi connectivity index (χ3v) is 4.51. The van der Waals surface area contributed by atoms with E-state index < -0.39 is 0 Å². The molecule has 2 aromatic heterocycles. The second-order valence-corrected chi connectivity index (χ2v) is 6.16. The van der Waals surface area contributed by atoms with Crippen molar-refractivity contribution in [2.45, 2.75) is 31.5 Å². The number of rotatable bonds is 5. The molecule has 1 fully saturated rings. The van der Waals surface area contributed by atoms with Crippen LogP contribution in [0.25, 0.3) is 11.3 Å².